The first-order valence-electron chi connectivity index (χ1n) is 10.5. The molecule has 2 atom stereocenters. The summed E-state index contributed by atoms with van der Waals surface area (Å²) in [6, 6.07) is 16.9. The zero-order valence-electron chi connectivity index (χ0n) is 17.4. The van der Waals surface area contributed by atoms with Crippen LogP contribution in [-0.4, -0.2) is 26.0 Å². The Bertz CT molecular complexity index is 1450. The Hall–Kier alpha value is -3.34. The van der Waals surface area contributed by atoms with Crippen LogP contribution >= 0.6 is 11.6 Å². The van der Waals surface area contributed by atoms with E-state index in [1.54, 1.807) is 48.5 Å². The Morgan fingerprint density at radius 1 is 1.09 bits per heavy atom. The van der Waals surface area contributed by atoms with Gasteiger partial charge in [0.25, 0.3) is 10.0 Å². The van der Waals surface area contributed by atoms with Gasteiger partial charge in [-0.05, 0) is 77.8 Å². The van der Waals surface area contributed by atoms with E-state index in [0.717, 1.165) is 17.5 Å². The molecule has 2 unspecified atom stereocenters. The van der Waals surface area contributed by atoms with Gasteiger partial charge in [-0.15, -0.1) is 0 Å². The number of fused-ring (bicyclic) bond motifs is 1. The molecule has 1 fully saturated rings. The van der Waals surface area contributed by atoms with Crippen LogP contribution in [0.4, 0.5) is 11.4 Å². The highest BCUT2D eigenvalue weighted by molar-refractivity contribution is 7.92. The lowest BCUT2D eigenvalue weighted by Gasteiger charge is -2.20. The summed E-state index contributed by atoms with van der Waals surface area (Å²) in [5, 5.41) is 10.2. The van der Waals surface area contributed by atoms with Gasteiger partial charge in [0, 0.05) is 11.6 Å². The number of halogens is 1. The van der Waals surface area contributed by atoms with Gasteiger partial charge in [0.2, 0.25) is 0 Å². The van der Waals surface area contributed by atoms with Crippen LogP contribution in [0.25, 0.3) is 4.85 Å². The first-order valence-corrected chi connectivity index (χ1v) is 12.3. The Kier molecular flexibility index (Phi) is 5.15. The van der Waals surface area contributed by atoms with E-state index in [9.17, 15) is 18.3 Å². The van der Waals surface area contributed by atoms with Crippen molar-refractivity contribution >= 4 is 39.0 Å². The lowest BCUT2D eigenvalue weighted by Crippen LogP contribution is -2.29. The molecule has 3 aromatic carbocycles. The number of anilines is 1. The standard InChI is InChI=1S/C25H19ClN2O4S/c1-27-18-6-7-20(23(13-18)25(29)30)22-14-21(22)15-3-2-4-19(12-15)33(31,32)28-10-9-16-11-17(26)5-8-24(16)28/h2-8,11-13,21-22H,9-10,14H2,(H,29,30). The number of benzene rings is 3. The van der Waals surface area contributed by atoms with Crippen LogP contribution in [0.15, 0.2) is 65.6 Å². The second kappa shape index (κ2) is 7.91. The highest BCUT2D eigenvalue weighted by Gasteiger charge is 2.42. The van der Waals surface area contributed by atoms with Gasteiger partial charge in [-0.3, -0.25) is 4.31 Å². The lowest BCUT2D eigenvalue weighted by atomic mass is 9.99. The van der Waals surface area contributed by atoms with Crippen molar-refractivity contribution in [2.45, 2.75) is 29.6 Å². The Balaban J connectivity index is 1.44. The van der Waals surface area contributed by atoms with E-state index >= 15 is 0 Å². The average molecular weight is 479 g/mol. The molecule has 0 amide bonds. The molecule has 33 heavy (non-hydrogen) atoms. The number of rotatable bonds is 5. The smallest absolute Gasteiger partial charge is 0.334 e. The molecule has 0 spiro atoms. The minimum absolute atomic E-state index is 0.0245. The van der Waals surface area contributed by atoms with Gasteiger partial charge in [0.1, 0.15) is 0 Å². The fraction of sp³-hybridized carbons (Fsp3) is 0.200. The molecule has 1 heterocycles. The quantitative estimate of drug-likeness (QED) is 0.483. The van der Waals surface area contributed by atoms with Gasteiger partial charge < -0.3 is 5.11 Å². The van der Waals surface area contributed by atoms with E-state index in [1.807, 2.05) is 6.07 Å². The van der Waals surface area contributed by atoms with Crippen LogP contribution < -0.4 is 4.31 Å². The summed E-state index contributed by atoms with van der Waals surface area (Å²) in [5.41, 5.74) is 3.52. The number of carboxylic acid groups (broad SMARTS) is 1. The normalized spacial score (nSPS) is 19.1. The van der Waals surface area contributed by atoms with Crippen molar-refractivity contribution in [2.75, 3.05) is 10.8 Å². The number of hydrogen-bond donors (Lipinski definition) is 1. The summed E-state index contributed by atoms with van der Waals surface area (Å²) >= 11 is 6.06. The van der Waals surface area contributed by atoms with Crippen molar-refractivity contribution < 1.29 is 18.3 Å². The number of carboxylic acids is 1. The maximum Gasteiger partial charge on any atom is 0.334 e. The highest BCUT2D eigenvalue weighted by Crippen LogP contribution is 2.56. The van der Waals surface area contributed by atoms with E-state index in [0.29, 0.717) is 29.2 Å². The van der Waals surface area contributed by atoms with E-state index in [1.165, 1.54) is 10.4 Å². The molecule has 6 nitrogen and oxygen atoms in total. The molecule has 1 aliphatic heterocycles. The largest absolute Gasteiger partial charge is 0.478 e. The molecule has 8 heteroatoms. The molecule has 0 radical (unpaired) electrons. The van der Waals surface area contributed by atoms with Gasteiger partial charge in [-0.1, -0.05) is 35.9 Å². The third-order valence-corrected chi connectivity index (χ3v) is 8.40. The fourth-order valence-corrected chi connectivity index (χ4v) is 6.41. The minimum Gasteiger partial charge on any atom is -0.478 e. The van der Waals surface area contributed by atoms with Crippen molar-refractivity contribution in [3.63, 3.8) is 0 Å². The third-order valence-electron chi connectivity index (χ3n) is 6.36. The van der Waals surface area contributed by atoms with Crippen molar-refractivity contribution in [1.29, 1.82) is 0 Å². The second-order valence-corrected chi connectivity index (χ2v) is 10.6. The Labute approximate surface area is 196 Å². The Morgan fingerprint density at radius 2 is 1.91 bits per heavy atom. The van der Waals surface area contributed by atoms with Gasteiger partial charge in [0.15, 0.2) is 5.69 Å². The molecule has 3 aromatic rings. The SMILES string of the molecule is [C-]#[N+]c1ccc(C2CC2c2cccc(S(=O)(=O)N3CCc4cc(Cl)ccc43)c2)c(C(=O)O)c1. The number of hydrogen-bond acceptors (Lipinski definition) is 3. The number of sulfonamides is 1. The zero-order valence-corrected chi connectivity index (χ0v) is 19.0. The van der Waals surface area contributed by atoms with E-state index < -0.39 is 16.0 Å². The molecule has 0 saturated heterocycles. The van der Waals surface area contributed by atoms with Gasteiger partial charge in [0.05, 0.1) is 22.7 Å². The number of carbonyl (C=O) groups is 1. The highest BCUT2D eigenvalue weighted by atomic mass is 35.5. The molecule has 1 saturated carbocycles. The van der Waals surface area contributed by atoms with Gasteiger partial charge >= 0.3 is 5.97 Å². The van der Waals surface area contributed by atoms with Crippen LogP contribution in [0.1, 0.15) is 45.3 Å². The summed E-state index contributed by atoms with van der Waals surface area (Å²) in [5.74, 6) is -1.06. The number of aromatic carboxylic acids is 1. The van der Waals surface area contributed by atoms with Crippen LogP contribution in [0, 0.1) is 6.57 Å². The van der Waals surface area contributed by atoms with Gasteiger partial charge in [-0.25, -0.2) is 18.1 Å². The summed E-state index contributed by atoms with van der Waals surface area (Å²) in [6.07, 6.45) is 1.34. The summed E-state index contributed by atoms with van der Waals surface area (Å²) in [6.45, 7) is 7.49. The maximum atomic E-state index is 13.4. The summed E-state index contributed by atoms with van der Waals surface area (Å²) < 4.78 is 28.3. The summed E-state index contributed by atoms with van der Waals surface area (Å²) in [7, 11) is -3.74. The molecular weight excluding hydrogens is 460 g/mol. The molecule has 1 N–H and O–H groups in total. The van der Waals surface area contributed by atoms with Crippen LogP contribution in [0.2, 0.25) is 5.02 Å². The monoisotopic (exact) mass is 478 g/mol. The second-order valence-electron chi connectivity index (χ2n) is 8.31. The van der Waals surface area contributed by atoms with Crippen molar-refractivity contribution in [1.82, 2.24) is 0 Å². The van der Waals surface area contributed by atoms with E-state index in [2.05, 4.69) is 4.85 Å². The predicted octanol–water partition coefficient (Wildman–Crippen LogP) is 5.61. The summed E-state index contributed by atoms with van der Waals surface area (Å²) in [4.78, 5) is 15.3. The molecule has 0 bridgehead atoms. The van der Waals surface area contributed by atoms with E-state index in [-0.39, 0.29) is 28.0 Å². The fourth-order valence-electron chi connectivity index (χ4n) is 4.65. The molecule has 0 aromatic heterocycles. The average Bonchev–Trinajstić information content (AvgIpc) is 3.49. The first kappa shape index (κ1) is 21.5. The molecule has 166 valence electrons. The lowest BCUT2D eigenvalue weighted by molar-refractivity contribution is 0.0695. The zero-order chi connectivity index (χ0) is 23.3. The van der Waals surface area contributed by atoms with Crippen molar-refractivity contribution in [2.24, 2.45) is 0 Å². The third kappa shape index (κ3) is 3.75. The van der Waals surface area contributed by atoms with Crippen molar-refractivity contribution in [3.8, 4) is 0 Å². The molecule has 2 aliphatic rings. The minimum atomic E-state index is -3.74. The number of nitrogens with zero attached hydrogens (tertiary/aromatic N) is 2. The van der Waals surface area contributed by atoms with Crippen LogP contribution in [-0.2, 0) is 16.4 Å². The first-order chi connectivity index (χ1) is 15.8. The predicted molar refractivity (Wildman–Crippen MR) is 126 cm³/mol. The van der Waals surface area contributed by atoms with Crippen molar-refractivity contribution in [3.05, 3.63) is 99.4 Å². The molecule has 5 rings (SSSR count). The molecular formula is C25H19ClN2O4S. The van der Waals surface area contributed by atoms with Crippen LogP contribution in [0.3, 0.4) is 0 Å². The molecule has 1 aliphatic carbocycles. The maximum absolute atomic E-state index is 13.4. The van der Waals surface area contributed by atoms with E-state index in [4.69, 9.17) is 18.2 Å². The van der Waals surface area contributed by atoms with Crippen LogP contribution in [0.5, 0.6) is 0 Å². The Morgan fingerprint density at radius 3 is 2.67 bits per heavy atom. The van der Waals surface area contributed by atoms with Gasteiger partial charge in [-0.2, -0.15) is 0 Å². The topological polar surface area (TPSA) is 79.0 Å².